The molecule has 0 radical (unpaired) electrons. The Bertz CT molecular complexity index is 476. The van der Waals surface area contributed by atoms with Gasteiger partial charge in [-0.15, -0.1) is 0 Å². The van der Waals surface area contributed by atoms with Crippen molar-refractivity contribution in [2.75, 3.05) is 7.05 Å². The molecule has 7 nitrogen and oxygen atoms in total. The molecule has 0 aromatic carbocycles. The van der Waals surface area contributed by atoms with E-state index in [4.69, 9.17) is 5.84 Å². The molecule has 0 atom stereocenters. The number of carbonyl (C=O) groups excluding carboxylic acids is 1. The number of amides is 1. The number of nitrogens with two attached hydrogens (primary N) is 1. The molecule has 0 fully saturated rings. The number of hydrazine groups is 1. The van der Waals surface area contributed by atoms with Crippen molar-refractivity contribution in [2.24, 2.45) is 12.9 Å². The Morgan fingerprint density at radius 2 is 2.13 bits per heavy atom. The van der Waals surface area contributed by atoms with Crippen molar-refractivity contribution in [2.45, 2.75) is 4.90 Å². The van der Waals surface area contributed by atoms with Gasteiger partial charge in [0.1, 0.15) is 10.6 Å². The highest BCUT2D eigenvalue weighted by Gasteiger charge is 2.18. The molecule has 1 aromatic heterocycles. The van der Waals surface area contributed by atoms with E-state index in [9.17, 15) is 13.2 Å². The predicted octanol–water partition coefficient (Wildman–Crippen LogP) is -1.46. The molecule has 0 aliphatic carbocycles. The van der Waals surface area contributed by atoms with Gasteiger partial charge in [0.2, 0.25) is 10.0 Å². The molecular formula is C7H12N4O3S. The van der Waals surface area contributed by atoms with E-state index in [1.165, 1.54) is 23.9 Å². The van der Waals surface area contributed by atoms with Gasteiger partial charge in [-0.3, -0.25) is 10.2 Å². The van der Waals surface area contributed by atoms with E-state index < -0.39 is 15.9 Å². The molecule has 0 spiro atoms. The molecule has 1 heterocycles. The second-order valence-corrected chi connectivity index (χ2v) is 4.74. The summed E-state index contributed by atoms with van der Waals surface area (Å²) in [4.78, 5) is 11.2. The molecule has 0 bridgehead atoms. The number of nitrogens with one attached hydrogen (secondary N) is 2. The quantitative estimate of drug-likeness (QED) is 0.336. The first-order valence-corrected chi connectivity index (χ1v) is 5.51. The van der Waals surface area contributed by atoms with Crippen LogP contribution in [-0.4, -0.2) is 25.9 Å². The third-order valence-electron chi connectivity index (χ3n) is 1.92. The van der Waals surface area contributed by atoms with Crippen LogP contribution in [0.1, 0.15) is 10.5 Å². The Balaban J connectivity index is 3.23. The minimum atomic E-state index is -3.53. The van der Waals surface area contributed by atoms with Crippen LogP contribution in [0.3, 0.4) is 0 Å². The lowest BCUT2D eigenvalue weighted by molar-refractivity contribution is 0.0945. The Morgan fingerprint density at radius 1 is 1.53 bits per heavy atom. The van der Waals surface area contributed by atoms with Crippen molar-refractivity contribution in [1.29, 1.82) is 0 Å². The summed E-state index contributed by atoms with van der Waals surface area (Å²) in [6, 6.07) is 1.24. The molecule has 84 valence electrons. The van der Waals surface area contributed by atoms with E-state index in [1.54, 1.807) is 7.05 Å². The second kappa shape index (κ2) is 4.01. The van der Waals surface area contributed by atoms with Crippen molar-refractivity contribution >= 4 is 15.9 Å². The van der Waals surface area contributed by atoms with Crippen molar-refractivity contribution in [3.05, 3.63) is 18.0 Å². The number of carbonyl (C=O) groups is 1. The van der Waals surface area contributed by atoms with Crippen LogP contribution >= 0.6 is 0 Å². The molecule has 8 heteroatoms. The lowest BCUT2D eigenvalue weighted by Gasteiger charge is -1.98. The molecule has 0 unspecified atom stereocenters. The number of aromatic nitrogens is 1. The van der Waals surface area contributed by atoms with E-state index in [2.05, 4.69) is 4.72 Å². The van der Waals surface area contributed by atoms with Crippen LogP contribution in [0.5, 0.6) is 0 Å². The third kappa shape index (κ3) is 2.17. The Kier molecular flexibility index (Phi) is 3.12. The van der Waals surface area contributed by atoms with Crippen molar-refractivity contribution < 1.29 is 13.2 Å². The number of hydrogen-bond donors (Lipinski definition) is 3. The first-order valence-electron chi connectivity index (χ1n) is 4.03. The predicted molar refractivity (Wildman–Crippen MR) is 53.3 cm³/mol. The van der Waals surface area contributed by atoms with Gasteiger partial charge >= 0.3 is 0 Å². The first-order chi connectivity index (χ1) is 6.92. The molecule has 1 amide bonds. The van der Waals surface area contributed by atoms with Gasteiger partial charge in [0, 0.05) is 13.2 Å². The maximum absolute atomic E-state index is 11.4. The molecule has 0 saturated heterocycles. The Morgan fingerprint density at radius 3 is 2.60 bits per heavy atom. The van der Waals surface area contributed by atoms with Crippen molar-refractivity contribution in [3.63, 3.8) is 0 Å². The Labute approximate surface area is 87.3 Å². The van der Waals surface area contributed by atoms with E-state index >= 15 is 0 Å². The van der Waals surface area contributed by atoms with Gasteiger partial charge in [0.05, 0.1) is 0 Å². The fourth-order valence-corrected chi connectivity index (χ4v) is 1.90. The average molecular weight is 232 g/mol. The summed E-state index contributed by atoms with van der Waals surface area (Å²) in [5, 5.41) is 0. The monoisotopic (exact) mass is 232 g/mol. The molecule has 15 heavy (non-hydrogen) atoms. The molecular weight excluding hydrogens is 220 g/mol. The zero-order chi connectivity index (χ0) is 11.6. The van der Waals surface area contributed by atoms with Crippen LogP contribution in [0, 0.1) is 0 Å². The van der Waals surface area contributed by atoms with Crippen LogP contribution in [0.2, 0.25) is 0 Å². The van der Waals surface area contributed by atoms with Crippen LogP contribution in [-0.2, 0) is 17.1 Å². The topological polar surface area (TPSA) is 106 Å². The summed E-state index contributed by atoms with van der Waals surface area (Å²) >= 11 is 0. The number of sulfonamides is 1. The second-order valence-electron chi connectivity index (χ2n) is 2.85. The van der Waals surface area contributed by atoms with Crippen molar-refractivity contribution in [3.8, 4) is 0 Å². The van der Waals surface area contributed by atoms with Crippen LogP contribution in [0.4, 0.5) is 0 Å². The summed E-state index contributed by atoms with van der Waals surface area (Å²) in [6.07, 6.45) is 1.33. The molecule has 4 N–H and O–H groups in total. The van der Waals surface area contributed by atoms with Crippen LogP contribution < -0.4 is 16.0 Å². The highest BCUT2D eigenvalue weighted by atomic mass is 32.2. The van der Waals surface area contributed by atoms with Gasteiger partial charge < -0.3 is 4.57 Å². The number of aryl methyl sites for hydroxylation is 1. The normalized spacial score (nSPS) is 11.4. The summed E-state index contributed by atoms with van der Waals surface area (Å²) < 4.78 is 26.3. The molecule has 0 saturated carbocycles. The maximum atomic E-state index is 11.4. The first kappa shape index (κ1) is 11.7. The van der Waals surface area contributed by atoms with Gasteiger partial charge in [0.25, 0.3) is 5.91 Å². The maximum Gasteiger partial charge on any atom is 0.281 e. The van der Waals surface area contributed by atoms with E-state index in [1.807, 2.05) is 5.43 Å². The van der Waals surface area contributed by atoms with Gasteiger partial charge in [0.15, 0.2) is 0 Å². The minimum Gasteiger partial charge on any atom is -0.345 e. The molecule has 0 aliphatic rings. The number of nitrogens with zero attached hydrogens (tertiary/aromatic N) is 1. The number of nitrogen functional groups attached to an aromatic ring is 1. The van der Waals surface area contributed by atoms with E-state index in [-0.39, 0.29) is 10.6 Å². The number of rotatable bonds is 3. The average Bonchev–Trinajstić information content (AvgIpc) is 2.60. The fourth-order valence-electron chi connectivity index (χ4n) is 1.10. The molecule has 1 rings (SSSR count). The standard InChI is InChI=1S/C7H12N4O3S/c1-9-15(13,14)5-3-6(7(12)10-8)11(2)4-5/h3-4,9H,8H2,1-2H3,(H,10,12). The SMILES string of the molecule is CNS(=O)(=O)c1cc(C(=O)NN)n(C)c1. The van der Waals surface area contributed by atoms with E-state index in [0.717, 1.165) is 0 Å². The van der Waals surface area contributed by atoms with Gasteiger partial charge in [-0.05, 0) is 13.1 Å². The van der Waals surface area contributed by atoms with Crippen molar-refractivity contribution in [1.82, 2.24) is 14.7 Å². The largest absolute Gasteiger partial charge is 0.345 e. The summed E-state index contributed by atoms with van der Waals surface area (Å²) in [5.41, 5.74) is 2.10. The lowest BCUT2D eigenvalue weighted by atomic mass is 10.4. The molecule has 1 aromatic rings. The third-order valence-corrected chi connectivity index (χ3v) is 3.30. The molecule has 0 aliphatic heterocycles. The summed E-state index contributed by atoms with van der Waals surface area (Å²) in [6.45, 7) is 0. The minimum absolute atomic E-state index is 0.0195. The highest BCUT2D eigenvalue weighted by molar-refractivity contribution is 7.89. The highest BCUT2D eigenvalue weighted by Crippen LogP contribution is 2.12. The zero-order valence-electron chi connectivity index (χ0n) is 8.31. The fraction of sp³-hybridized carbons (Fsp3) is 0.286. The summed E-state index contributed by atoms with van der Waals surface area (Å²) in [5.74, 6) is 4.40. The zero-order valence-corrected chi connectivity index (χ0v) is 9.13. The summed E-state index contributed by atoms with van der Waals surface area (Å²) in [7, 11) is -0.682. The smallest absolute Gasteiger partial charge is 0.281 e. The van der Waals surface area contributed by atoms with Gasteiger partial charge in [-0.2, -0.15) is 0 Å². The Hall–Kier alpha value is -1.38. The van der Waals surface area contributed by atoms with Gasteiger partial charge in [-0.1, -0.05) is 0 Å². The lowest BCUT2D eigenvalue weighted by Crippen LogP contribution is -2.31. The van der Waals surface area contributed by atoms with Gasteiger partial charge in [-0.25, -0.2) is 19.0 Å². The number of hydrogen-bond acceptors (Lipinski definition) is 4. The van der Waals surface area contributed by atoms with Crippen LogP contribution in [0.15, 0.2) is 17.2 Å². The van der Waals surface area contributed by atoms with E-state index in [0.29, 0.717) is 0 Å². The van der Waals surface area contributed by atoms with Crippen LogP contribution in [0.25, 0.3) is 0 Å².